The lowest BCUT2D eigenvalue weighted by Crippen LogP contribution is -2.36. The number of aliphatic hydroxyl groups excluding tert-OH is 1. The highest BCUT2D eigenvalue weighted by atomic mass is 32.1. The van der Waals surface area contributed by atoms with E-state index in [1.165, 1.54) is 0 Å². The summed E-state index contributed by atoms with van der Waals surface area (Å²) < 4.78 is 0. The number of benzene rings is 1. The standard InChI is InChI=1S/C15H19N3O3S/c19-9-3-8-16-14(21)11-4-1-2-5-12(11)17-15(22)18-13(20)10-6-7-10/h1-2,4-5,10,19H,3,6-9H2,(H,16,21)(H2,17,18,20,22). The zero-order chi connectivity index (χ0) is 15.9. The third-order valence-corrected chi connectivity index (χ3v) is 3.43. The van der Waals surface area contributed by atoms with E-state index < -0.39 is 0 Å². The Kier molecular flexibility index (Phi) is 5.85. The zero-order valence-electron chi connectivity index (χ0n) is 12.1. The van der Waals surface area contributed by atoms with E-state index in [0.29, 0.717) is 24.2 Å². The second-order valence-corrected chi connectivity index (χ2v) is 5.50. The van der Waals surface area contributed by atoms with Crippen LogP contribution in [-0.4, -0.2) is 35.2 Å². The van der Waals surface area contributed by atoms with Crippen molar-refractivity contribution >= 4 is 34.8 Å². The van der Waals surface area contributed by atoms with Gasteiger partial charge in [-0.05, 0) is 43.6 Å². The van der Waals surface area contributed by atoms with Crippen LogP contribution < -0.4 is 16.0 Å². The van der Waals surface area contributed by atoms with Gasteiger partial charge in [-0.2, -0.15) is 0 Å². The van der Waals surface area contributed by atoms with Crippen LogP contribution in [0.1, 0.15) is 29.6 Å². The molecule has 0 spiro atoms. The van der Waals surface area contributed by atoms with Crippen LogP contribution >= 0.6 is 12.2 Å². The van der Waals surface area contributed by atoms with Crippen LogP contribution in [0.5, 0.6) is 0 Å². The number of nitrogens with one attached hydrogen (secondary N) is 3. The summed E-state index contributed by atoms with van der Waals surface area (Å²) in [5, 5.41) is 17.1. The molecule has 6 nitrogen and oxygen atoms in total. The van der Waals surface area contributed by atoms with Crippen molar-refractivity contribution in [1.82, 2.24) is 10.6 Å². The Morgan fingerprint density at radius 3 is 2.68 bits per heavy atom. The molecule has 0 bridgehead atoms. The Morgan fingerprint density at radius 1 is 1.27 bits per heavy atom. The zero-order valence-corrected chi connectivity index (χ0v) is 12.9. The van der Waals surface area contributed by atoms with Crippen LogP contribution in [0.3, 0.4) is 0 Å². The molecule has 1 aliphatic rings. The van der Waals surface area contributed by atoms with Gasteiger partial charge in [0.2, 0.25) is 5.91 Å². The van der Waals surface area contributed by atoms with Crippen LogP contribution in [0.15, 0.2) is 24.3 Å². The van der Waals surface area contributed by atoms with Crippen molar-refractivity contribution in [3.05, 3.63) is 29.8 Å². The summed E-state index contributed by atoms with van der Waals surface area (Å²) in [6.45, 7) is 0.421. The van der Waals surface area contributed by atoms with Crippen LogP contribution in [0.4, 0.5) is 5.69 Å². The van der Waals surface area contributed by atoms with Crippen molar-refractivity contribution in [2.45, 2.75) is 19.3 Å². The molecule has 0 radical (unpaired) electrons. The quantitative estimate of drug-likeness (QED) is 0.464. The first kappa shape index (κ1) is 16.4. The topological polar surface area (TPSA) is 90.5 Å². The summed E-state index contributed by atoms with van der Waals surface area (Å²) in [5.74, 6) is -0.271. The van der Waals surface area contributed by atoms with Gasteiger partial charge in [0.15, 0.2) is 5.11 Å². The summed E-state index contributed by atoms with van der Waals surface area (Å²) in [6.07, 6.45) is 2.30. The summed E-state index contributed by atoms with van der Waals surface area (Å²) in [5.41, 5.74) is 0.966. The molecule has 0 unspecified atom stereocenters. The van der Waals surface area contributed by atoms with Crippen molar-refractivity contribution in [1.29, 1.82) is 0 Å². The smallest absolute Gasteiger partial charge is 0.253 e. The van der Waals surface area contributed by atoms with Gasteiger partial charge in [0, 0.05) is 19.1 Å². The van der Waals surface area contributed by atoms with Crippen LogP contribution in [0, 0.1) is 5.92 Å². The van der Waals surface area contributed by atoms with Gasteiger partial charge in [0.25, 0.3) is 5.91 Å². The second-order valence-electron chi connectivity index (χ2n) is 5.10. The van der Waals surface area contributed by atoms with E-state index in [-0.39, 0.29) is 29.5 Å². The van der Waals surface area contributed by atoms with Crippen molar-refractivity contribution in [2.24, 2.45) is 5.92 Å². The SMILES string of the molecule is O=C(NCCCO)c1ccccc1NC(=S)NC(=O)C1CC1. The van der Waals surface area contributed by atoms with Crippen molar-refractivity contribution in [3.8, 4) is 0 Å². The number of para-hydroxylation sites is 1. The molecule has 0 aromatic heterocycles. The molecule has 118 valence electrons. The van der Waals surface area contributed by atoms with Crippen LogP contribution in [-0.2, 0) is 4.79 Å². The Labute approximate surface area is 134 Å². The number of carbonyl (C=O) groups is 2. The number of thiocarbonyl (C=S) groups is 1. The van der Waals surface area contributed by atoms with Crippen LogP contribution in [0.25, 0.3) is 0 Å². The minimum atomic E-state index is -0.257. The molecule has 22 heavy (non-hydrogen) atoms. The highest BCUT2D eigenvalue weighted by molar-refractivity contribution is 7.80. The van der Waals surface area contributed by atoms with Crippen molar-refractivity contribution in [3.63, 3.8) is 0 Å². The predicted molar refractivity (Wildman–Crippen MR) is 87.6 cm³/mol. The number of amides is 2. The maximum atomic E-state index is 12.1. The van der Waals surface area contributed by atoms with E-state index in [0.717, 1.165) is 12.8 Å². The molecular weight excluding hydrogens is 302 g/mol. The first-order chi connectivity index (χ1) is 10.6. The average molecular weight is 321 g/mol. The van der Waals surface area contributed by atoms with Gasteiger partial charge in [0.05, 0.1) is 11.3 Å². The fourth-order valence-electron chi connectivity index (χ4n) is 1.88. The van der Waals surface area contributed by atoms with Crippen LogP contribution in [0.2, 0.25) is 0 Å². The van der Waals surface area contributed by atoms with Gasteiger partial charge in [0.1, 0.15) is 0 Å². The van der Waals surface area contributed by atoms with Crippen molar-refractivity contribution < 1.29 is 14.7 Å². The lowest BCUT2D eigenvalue weighted by atomic mass is 10.1. The van der Waals surface area contributed by atoms with E-state index >= 15 is 0 Å². The van der Waals surface area contributed by atoms with Gasteiger partial charge >= 0.3 is 0 Å². The van der Waals surface area contributed by atoms with Gasteiger partial charge in [-0.1, -0.05) is 12.1 Å². The largest absolute Gasteiger partial charge is 0.396 e. The summed E-state index contributed by atoms with van der Waals surface area (Å²) in [6, 6.07) is 6.91. The third-order valence-electron chi connectivity index (χ3n) is 3.23. The number of hydrogen-bond donors (Lipinski definition) is 4. The molecule has 4 N–H and O–H groups in total. The molecule has 0 saturated heterocycles. The summed E-state index contributed by atoms with van der Waals surface area (Å²) in [4.78, 5) is 23.8. The summed E-state index contributed by atoms with van der Waals surface area (Å²) in [7, 11) is 0. The highest BCUT2D eigenvalue weighted by Gasteiger charge is 2.30. The highest BCUT2D eigenvalue weighted by Crippen LogP contribution is 2.28. The lowest BCUT2D eigenvalue weighted by Gasteiger charge is -2.13. The Hall–Kier alpha value is -1.99. The minimum absolute atomic E-state index is 0.0253. The van der Waals surface area contributed by atoms with E-state index in [1.54, 1.807) is 24.3 Å². The minimum Gasteiger partial charge on any atom is -0.396 e. The maximum absolute atomic E-state index is 12.1. The average Bonchev–Trinajstić information content (AvgIpc) is 3.32. The van der Waals surface area contributed by atoms with E-state index in [1.807, 2.05) is 0 Å². The van der Waals surface area contributed by atoms with E-state index in [4.69, 9.17) is 17.3 Å². The monoisotopic (exact) mass is 321 g/mol. The number of hydrogen-bond acceptors (Lipinski definition) is 4. The molecule has 1 aliphatic carbocycles. The molecule has 1 saturated carbocycles. The molecule has 1 fully saturated rings. The molecule has 2 rings (SSSR count). The van der Waals surface area contributed by atoms with Gasteiger partial charge in [-0.25, -0.2) is 0 Å². The number of carbonyl (C=O) groups excluding carboxylic acids is 2. The lowest BCUT2D eigenvalue weighted by molar-refractivity contribution is -0.120. The van der Waals surface area contributed by atoms with Gasteiger partial charge in [-0.3, -0.25) is 9.59 Å². The van der Waals surface area contributed by atoms with E-state index in [9.17, 15) is 9.59 Å². The molecule has 0 heterocycles. The molecule has 7 heteroatoms. The fraction of sp³-hybridized carbons (Fsp3) is 0.400. The number of anilines is 1. The van der Waals surface area contributed by atoms with Gasteiger partial charge < -0.3 is 21.1 Å². The second kappa shape index (κ2) is 7.86. The normalized spacial score (nSPS) is 13.3. The fourth-order valence-corrected chi connectivity index (χ4v) is 2.09. The molecule has 2 amide bonds. The number of aliphatic hydroxyl groups is 1. The first-order valence-corrected chi connectivity index (χ1v) is 7.62. The van der Waals surface area contributed by atoms with Crippen molar-refractivity contribution in [2.75, 3.05) is 18.5 Å². The van der Waals surface area contributed by atoms with E-state index in [2.05, 4.69) is 16.0 Å². The molecule has 0 aliphatic heterocycles. The first-order valence-electron chi connectivity index (χ1n) is 7.21. The molecule has 1 aromatic carbocycles. The third kappa shape index (κ3) is 4.78. The van der Waals surface area contributed by atoms with Gasteiger partial charge in [-0.15, -0.1) is 0 Å². The Bertz CT molecular complexity index is 573. The Balaban J connectivity index is 1.96. The maximum Gasteiger partial charge on any atom is 0.253 e. The summed E-state index contributed by atoms with van der Waals surface area (Å²) >= 11 is 5.10. The molecular formula is C15H19N3O3S. The molecule has 1 aromatic rings. The Morgan fingerprint density at radius 2 is 2.00 bits per heavy atom. The molecule has 0 atom stereocenters. The predicted octanol–water partition coefficient (Wildman–Crippen LogP) is 1.02. The number of rotatable bonds is 6.